The maximum Gasteiger partial charge on any atom is 0.145 e. The van der Waals surface area contributed by atoms with E-state index in [0.29, 0.717) is 16.4 Å². The molecule has 0 aliphatic heterocycles. The van der Waals surface area contributed by atoms with Gasteiger partial charge in [-0.1, -0.05) is 23.2 Å². The van der Waals surface area contributed by atoms with Gasteiger partial charge in [0.05, 0.1) is 11.1 Å². The van der Waals surface area contributed by atoms with E-state index in [1.54, 1.807) is 12.3 Å². The Kier molecular flexibility index (Phi) is 3.31. The summed E-state index contributed by atoms with van der Waals surface area (Å²) in [5, 5.41) is 1.29. The molecule has 0 saturated heterocycles. The van der Waals surface area contributed by atoms with Gasteiger partial charge in [0.1, 0.15) is 29.0 Å². The van der Waals surface area contributed by atoms with Crippen LogP contribution in [0, 0.1) is 0 Å². The monoisotopic (exact) mass is 310 g/mol. The van der Waals surface area contributed by atoms with E-state index in [1.807, 2.05) is 17.7 Å². The van der Waals surface area contributed by atoms with E-state index in [-0.39, 0.29) is 5.15 Å². The molecule has 0 aromatic carbocycles. The first-order valence-corrected chi connectivity index (χ1v) is 6.54. The third kappa shape index (κ3) is 2.03. The minimum absolute atomic E-state index is 0.174. The molecule has 3 aromatic heterocycles. The minimum atomic E-state index is -0.663. The second kappa shape index (κ2) is 5.00. The molecule has 3 heterocycles. The number of aromatic nitrogens is 4. The van der Waals surface area contributed by atoms with Crippen molar-refractivity contribution in [3.8, 4) is 11.3 Å². The average Bonchev–Trinajstić information content (AvgIpc) is 2.79. The Bertz CT molecular complexity index is 800. The first kappa shape index (κ1) is 13.3. The van der Waals surface area contributed by atoms with Crippen LogP contribution < -0.4 is 0 Å². The van der Waals surface area contributed by atoms with Gasteiger partial charge >= 0.3 is 0 Å². The number of hydrogen-bond acceptors (Lipinski definition) is 3. The third-order valence-electron chi connectivity index (χ3n) is 3.13. The molecule has 0 atom stereocenters. The fraction of sp³-hybridized carbons (Fsp3) is 0.154. The lowest BCUT2D eigenvalue weighted by Gasteiger charge is -2.06. The molecule has 4 nitrogen and oxygen atoms in total. The van der Waals surface area contributed by atoms with Crippen LogP contribution in [-0.2, 0) is 13.7 Å². The summed E-state index contributed by atoms with van der Waals surface area (Å²) in [6, 6.07) is 3.52. The van der Waals surface area contributed by atoms with Crippen molar-refractivity contribution in [1.29, 1.82) is 0 Å². The standard InChI is InChI=1S/C13H9Cl2FN4/c1-20-10(3-9-12(15)18-6-19-13(9)20)8-2-7(4-16)11(14)17-5-8/h2-3,5-6H,4H2,1H3. The third-order valence-corrected chi connectivity index (χ3v) is 3.77. The summed E-state index contributed by atoms with van der Waals surface area (Å²) in [5.41, 5.74) is 2.63. The summed E-state index contributed by atoms with van der Waals surface area (Å²) in [7, 11) is 1.85. The summed E-state index contributed by atoms with van der Waals surface area (Å²) in [4.78, 5) is 12.1. The zero-order valence-corrected chi connectivity index (χ0v) is 12.0. The summed E-state index contributed by atoms with van der Waals surface area (Å²) >= 11 is 11.9. The molecule has 0 spiro atoms. The Balaban J connectivity index is 2.24. The topological polar surface area (TPSA) is 43.6 Å². The number of nitrogens with zero attached hydrogens (tertiary/aromatic N) is 4. The molecule has 0 saturated carbocycles. The van der Waals surface area contributed by atoms with E-state index in [4.69, 9.17) is 23.2 Å². The normalized spacial score (nSPS) is 11.2. The van der Waals surface area contributed by atoms with Crippen molar-refractivity contribution in [3.63, 3.8) is 0 Å². The first-order chi connectivity index (χ1) is 9.61. The molecular weight excluding hydrogens is 302 g/mol. The van der Waals surface area contributed by atoms with Gasteiger partial charge in [-0.05, 0) is 12.1 Å². The number of halogens is 3. The van der Waals surface area contributed by atoms with Gasteiger partial charge in [-0.25, -0.2) is 19.3 Å². The van der Waals surface area contributed by atoms with Gasteiger partial charge in [-0.3, -0.25) is 0 Å². The van der Waals surface area contributed by atoms with Crippen molar-refractivity contribution in [2.45, 2.75) is 6.67 Å². The SMILES string of the molecule is Cn1c(-c2cnc(Cl)c(CF)c2)cc2c(Cl)ncnc21. The summed E-state index contributed by atoms with van der Waals surface area (Å²) in [6.07, 6.45) is 3.00. The Morgan fingerprint density at radius 2 is 1.95 bits per heavy atom. The van der Waals surface area contributed by atoms with Crippen LogP contribution in [0.2, 0.25) is 10.3 Å². The molecule has 3 aromatic rings. The largest absolute Gasteiger partial charge is 0.328 e. The second-order valence-electron chi connectivity index (χ2n) is 4.30. The fourth-order valence-electron chi connectivity index (χ4n) is 2.11. The molecule has 7 heteroatoms. The van der Waals surface area contributed by atoms with Crippen molar-refractivity contribution >= 4 is 34.2 Å². The number of pyridine rings is 1. The highest BCUT2D eigenvalue weighted by atomic mass is 35.5. The number of hydrogen-bond donors (Lipinski definition) is 0. The fourth-order valence-corrected chi connectivity index (χ4v) is 2.45. The van der Waals surface area contributed by atoms with Crippen LogP contribution in [0.3, 0.4) is 0 Å². The highest BCUT2D eigenvalue weighted by Gasteiger charge is 2.13. The lowest BCUT2D eigenvalue weighted by Crippen LogP contribution is -1.95. The lowest BCUT2D eigenvalue weighted by molar-refractivity contribution is 0.484. The predicted octanol–water partition coefficient (Wildman–Crippen LogP) is 3.81. The quantitative estimate of drug-likeness (QED) is 0.534. The summed E-state index contributed by atoms with van der Waals surface area (Å²) in [6.45, 7) is -0.663. The van der Waals surface area contributed by atoms with Crippen LogP contribution >= 0.6 is 23.2 Å². The molecular formula is C13H9Cl2FN4. The summed E-state index contributed by atoms with van der Waals surface area (Å²) in [5.74, 6) is 0. The molecule has 0 unspecified atom stereocenters. The van der Waals surface area contributed by atoms with Crippen molar-refractivity contribution < 1.29 is 4.39 Å². The van der Waals surface area contributed by atoms with Gasteiger partial charge in [0.15, 0.2) is 0 Å². The summed E-state index contributed by atoms with van der Waals surface area (Å²) < 4.78 is 14.7. The molecule has 0 radical (unpaired) electrons. The Hall–Kier alpha value is -1.72. The molecule has 0 amide bonds. The van der Waals surface area contributed by atoms with Crippen molar-refractivity contribution in [2.24, 2.45) is 7.05 Å². The van der Waals surface area contributed by atoms with Crippen molar-refractivity contribution in [1.82, 2.24) is 19.5 Å². The number of alkyl halides is 1. The Morgan fingerprint density at radius 1 is 1.15 bits per heavy atom. The smallest absolute Gasteiger partial charge is 0.145 e. The van der Waals surface area contributed by atoms with E-state index in [0.717, 1.165) is 16.6 Å². The zero-order chi connectivity index (χ0) is 14.3. The number of rotatable bonds is 2. The van der Waals surface area contributed by atoms with Crippen LogP contribution in [0.15, 0.2) is 24.7 Å². The maximum atomic E-state index is 12.9. The molecule has 0 N–H and O–H groups in total. The second-order valence-corrected chi connectivity index (χ2v) is 5.01. The van der Waals surface area contributed by atoms with Crippen LogP contribution in [0.5, 0.6) is 0 Å². The molecule has 20 heavy (non-hydrogen) atoms. The lowest BCUT2D eigenvalue weighted by atomic mass is 10.1. The van der Waals surface area contributed by atoms with E-state index in [9.17, 15) is 4.39 Å². The van der Waals surface area contributed by atoms with Crippen LogP contribution in [0.25, 0.3) is 22.3 Å². The maximum absolute atomic E-state index is 12.9. The van der Waals surface area contributed by atoms with E-state index >= 15 is 0 Å². The average molecular weight is 311 g/mol. The Morgan fingerprint density at radius 3 is 2.65 bits per heavy atom. The molecule has 0 bridgehead atoms. The first-order valence-electron chi connectivity index (χ1n) is 5.78. The van der Waals surface area contributed by atoms with Crippen molar-refractivity contribution in [2.75, 3.05) is 0 Å². The van der Waals surface area contributed by atoms with Crippen LogP contribution in [0.4, 0.5) is 4.39 Å². The van der Waals surface area contributed by atoms with Gasteiger partial charge < -0.3 is 4.57 Å². The zero-order valence-electron chi connectivity index (χ0n) is 10.4. The van der Waals surface area contributed by atoms with Crippen LogP contribution in [-0.4, -0.2) is 19.5 Å². The minimum Gasteiger partial charge on any atom is -0.328 e. The molecule has 0 aliphatic carbocycles. The van der Waals surface area contributed by atoms with Crippen LogP contribution in [0.1, 0.15) is 5.56 Å². The number of aryl methyl sites for hydroxylation is 1. The van der Waals surface area contributed by atoms with Gasteiger partial charge in [0.25, 0.3) is 0 Å². The predicted molar refractivity (Wildman–Crippen MR) is 76.6 cm³/mol. The molecule has 0 aliphatic rings. The highest BCUT2D eigenvalue weighted by molar-refractivity contribution is 6.34. The molecule has 0 fully saturated rings. The molecule has 102 valence electrons. The van der Waals surface area contributed by atoms with Gasteiger partial charge in [0.2, 0.25) is 0 Å². The Labute approximate surface area is 124 Å². The van der Waals surface area contributed by atoms with Gasteiger partial charge in [-0.2, -0.15) is 0 Å². The van der Waals surface area contributed by atoms with Gasteiger partial charge in [0, 0.05) is 24.4 Å². The van der Waals surface area contributed by atoms with Gasteiger partial charge in [-0.15, -0.1) is 0 Å². The van der Waals surface area contributed by atoms with E-state index in [2.05, 4.69) is 15.0 Å². The number of fused-ring (bicyclic) bond motifs is 1. The molecule has 3 rings (SSSR count). The van der Waals surface area contributed by atoms with E-state index < -0.39 is 6.67 Å². The highest BCUT2D eigenvalue weighted by Crippen LogP contribution is 2.30. The van der Waals surface area contributed by atoms with Crippen molar-refractivity contribution in [3.05, 3.63) is 40.5 Å². The van der Waals surface area contributed by atoms with E-state index in [1.165, 1.54) is 6.33 Å².